The van der Waals surface area contributed by atoms with Crippen LogP contribution in [0.1, 0.15) is 16.7 Å². The molecule has 2 heteroatoms. The topological polar surface area (TPSA) is 17.8 Å². The molecule has 7 rings (SSSR count). The SMILES string of the molecule is Cc1cccc2ccc3cc(-c4nccc5c6cccc(C)c6n(-c6ccccc6)c45)cc(C)c3c12. The number of nitrogens with zero attached hydrogens (tertiary/aromatic N) is 2. The van der Waals surface area contributed by atoms with Gasteiger partial charge in [-0.3, -0.25) is 4.98 Å². The first-order valence-electron chi connectivity index (χ1n) is 12.5. The van der Waals surface area contributed by atoms with E-state index in [1.807, 2.05) is 6.20 Å². The second-order valence-corrected chi connectivity index (χ2v) is 9.83. The normalized spacial score (nSPS) is 11.8. The maximum atomic E-state index is 5.00. The molecule has 7 aromatic rings. The minimum absolute atomic E-state index is 1.02. The van der Waals surface area contributed by atoms with Gasteiger partial charge in [0.2, 0.25) is 0 Å². The molecule has 0 radical (unpaired) electrons. The summed E-state index contributed by atoms with van der Waals surface area (Å²) >= 11 is 0. The zero-order valence-electron chi connectivity index (χ0n) is 20.7. The molecule has 36 heavy (non-hydrogen) atoms. The number of hydrogen-bond acceptors (Lipinski definition) is 1. The van der Waals surface area contributed by atoms with Gasteiger partial charge in [0.25, 0.3) is 0 Å². The van der Waals surface area contributed by atoms with Crippen LogP contribution >= 0.6 is 0 Å². The third-order valence-electron chi connectivity index (χ3n) is 7.55. The lowest BCUT2D eigenvalue weighted by Gasteiger charge is -2.14. The van der Waals surface area contributed by atoms with Gasteiger partial charge in [-0.05, 0) is 89.3 Å². The summed E-state index contributed by atoms with van der Waals surface area (Å²) in [7, 11) is 0. The summed E-state index contributed by atoms with van der Waals surface area (Å²) in [5, 5.41) is 7.72. The molecule has 0 atom stereocenters. The summed E-state index contributed by atoms with van der Waals surface area (Å²) in [6.07, 6.45) is 1.96. The van der Waals surface area contributed by atoms with Crippen LogP contribution in [0.5, 0.6) is 0 Å². The fourth-order valence-corrected chi connectivity index (χ4v) is 6.00. The number of para-hydroxylation sites is 2. The lowest BCUT2D eigenvalue weighted by Crippen LogP contribution is -1.98. The second kappa shape index (κ2) is 7.79. The monoisotopic (exact) mass is 462 g/mol. The van der Waals surface area contributed by atoms with Crippen molar-refractivity contribution in [1.29, 1.82) is 0 Å². The molecule has 0 spiro atoms. The van der Waals surface area contributed by atoms with Crippen molar-refractivity contribution in [2.75, 3.05) is 0 Å². The lowest BCUT2D eigenvalue weighted by molar-refractivity contribution is 1.16. The van der Waals surface area contributed by atoms with Crippen LogP contribution in [0.15, 0.2) is 103 Å². The van der Waals surface area contributed by atoms with Crippen molar-refractivity contribution in [1.82, 2.24) is 9.55 Å². The minimum Gasteiger partial charge on any atom is -0.307 e. The predicted molar refractivity (Wildman–Crippen MR) is 153 cm³/mol. The largest absolute Gasteiger partial charge is 0.307 e. The zero-order chi connectivity index (χ0) is 24.4. The smallest absolute Gasteiger partial charge is 0.0949 e. The van der Waals surface area contributed by atoms with Gasteiger partial charge in [0.1, 0.15) is 0 Å². The molecule has 2 aromatic heterocycles. The van der Waals surface area contributed by atoms with Crippen LogP contribution in [0, 0.1) is 20.8 Å². The third-order valence-corrected chi connectivity index (χ3v) is 7.55. The number of aryl methyl sites for hydroxylation is 3. The Kier molecular flexibility index (Phi) is 4.52. The van der Waals surface area contributed by atoms with E-state index in [-0.39, 0.29) is 0 Å². The number of aromatic nitrogens is 2. The van der Waals surface area contributed by atoms with Gasteiger partial charge in [-0.1, -0.05) is 66.7 Å². The van der Waals surface area contributed by atoms with E-state index in [0.717, 1.165) is 22.5 Å². The van der Waals surface area contributed by atoms with Gasteiger partial charge in [-0.25, -0.2) is 0 Å². The quantitative estimate of drug-likeness (QED) is 0.234. The summed E-state index contributed by atoms with van der Waals surface area (Å²) in [5.41, 5.74) is 9.57. The van der Waals surface area contributed by atoms with E-state index in [2.05, 4.69) is 122 Å². The molecular weight excluding hydrogens is 436 g/mol. The van der Waals surface area contributed by atoms with Crippen molar-refractivity contribution in [2.45, 2.75) is 20.8 Å². The molecule has 0 bridgehead atoms. The number of benzene rings is 5. The highest BCUT2D eigenvalue weighted by atomic mass is 15.0. The third kappa shape index (κ3) is 2.94. The second-order valence-electron chi connectivity index (χ2n) is 9.83. The van der Waals surface area contributed by atoms with Crippen molar-refractivity contribution >= 4 is 43.4 Å². The molecule has 0 fully saturated rings. The molecule has 0 aliphatic rings. The standard InChI is InChI=1S/C34H26N2/c1-21-9-7-11-24-15-16-25-20-26(19-23(3)31(25)30(21)24)32-34-29(17-18-35-32)28-14-8-10-22(2)33(28)36(34)27-12-5-4-6-13-27/h4-20H,1-3H3. The van der Waals surface area contributed by atoms with Gasteiger partial charge >= 0.3 is 0 Å². The van der Waals surface area contributed by atoms with E-state index < -0.39 is 0 Å². The number of fused-ring (bicyclic) bond motifs is 6. The average molecular weight is 463 g/mol. The predicted octanol–water partition coefficient (Wildman–Crippen LogP) is 9.08. The Balaban J connectivity index is 1.61. The van der Waals surface area contributed by atoms with E-state index in [0.29, 0.717) is 0 Å². The lowest BCUT2D eigenvalue weighted by atomic mass is 9.93. The van der Waals surface area contributed by atoms with Gasteiger partial charge in [0.05, 0.1) is 16.7 Å². The fourth-order valence-electron chi connectivity index (χ4n) is 6.00. The molecular formula is C34H26N2. The van der Waals surface area contributed by atoms with Gasteiger partial charge in [0.15, 0.2) is 0 Å². The van der Waals surface area contributed by atoms with Crippen LogP contribution < -0.4 is 0 Å². The molecule has 0 unspecified atom stereocenters. The first-order valence-corrected chi connectivity index (χ1v) is 12.5. The molecule has 0 saturated heterocycles. The van der Waals surface area contributed by atoms with E-state index >= 15 is 0 Å². The molecule has 0 N–H and O–H groups in total. The maximum absolute atomic E-state index is 5.00. The van der Waals surface area contributed by atoms with Crippen LogP contribution in [-0.2, 0) is 0 Å². The van der Waals surface area contributed by atoms with Gasteiger partial charge < -0.3 is 4.57 Å². The summed E-state index contributed by atoms with van der Waals surface area (Å²) in [4.78, 5) is 5.00. The first kappa shape index (κ1) is 20.9. The van der Waals surface area contributed by atoms with Crippen LogP contribution in [0.25, 0.3) is 60.3 Å². The number of rotatable bonds is 2. The number of pyridine rings is 1. The summed E-state index contributed by atoms with van der Waals surface area (Å²) in [5.74, 6) is 0. The van der Waals surface area contributed by atoms with Crippen molar-refractivity contribution in [3.8, 4) is 16.9 Å². The molecule has 0 amide bonds. The highest BCUT2D eigenvalue weighted by molar-refractivity contribution is 6.15. The Morgan fingerprint density at radius 1 is 0.556 bits per heavy atom. The molecule has 172 valence electrons. The summed E-state index contributed by atoms with van der Waals surface area (Å²) in [6.45, 7) is 6.63. The maximum Gasteiger partial charge on any atom is 0.0949 e. The Hall–Kier alpha value is -4.43. The Morgan fingerprint density at radius 3 is 2.14 bits per heavy atom. The molecule has 2 heterocycles. The van der Waals surface area contributed by atoms with E-state index in [4.69, 9.17) is 4.98 Å². The highest BCUT2D eigenvalue weighted by Gasteiger charge is 2.19. The number of hydrogen-bond donors (Lipinski definition) is 0. The van der Waals surface area contributed by atoms with E-state index in [1.165, 1.54) is 54.5 Å². The van der Waals surface area contributed by atoms with Crippen LogP contribution in [-0.4, -0.2) is 9.55 Å². The average Bonchev–Trinajstić information content (AvgIpc) is 3.25. The van der Waals surface area contributed by atoms with Gasteiger partial charge in [-0.15, -0.1) is 0 Å². The van der Waals surface area contributed by atoms with Crippen molar-refractivity contribution < 1.29 is 0 Å². The van der Waals surface area contributed by atoms with Crippen molar-refractivity contribution in [2.24, 2.45) is 0 Å². The Bertz CT molecular complexity index is 1960. The fraction of sp³-hybridized carbons (Fsp3) is 0.0882. The molecule has 0 saturated carbocycles. The van der Waals surface area contributed by atoms with Crippen LogP contribution in [0.4, 0.5) is 0 Å². The van der Waals surface area contributed by atoms with Crippen LogP contribution in [0.3, 0.4) is 0 Å². The molecule has 0 aliphatic heterocycles. The summed E-state index contributed by atoms with van der Waals surface area (Å²) in [6, 6.07) is 35.1. The molecule has 0 aliphatic carbocycles. The van der Waals surface area contributed by atoms with E-state index in [9.17, 15) is 0 Å². The van der Waals surface area contributed by atoms with Gasteiger partial charge in [0, 0.05) is 28.2 Å². The highest BCUT2D eigenvalue weighted by Crippen LogP contribution is 2.40. The van der Waals surface area contributed by atoms with Gasteiger partial charge in [-0.2, -0.15) is 0 Å². The van der Waals surface area contributed by atoms with Crippen molar-refractivity contribution in [3.05, 3.63) is 120 Å². The molecule has 2 nitrogen and oxygen atoms in total. The van der Waals surface area contributed by atoms with Crippen molar-refractivity contribution in [3.63, 3.8) is 0 Å². The zero-order valence-corrected chi connectivity index (χ0v) is 20.7. The van der Waals surface area contributed by atoms with Crippen LogP contribution in [0.2, 0.25) is 0 Å². The first-order chi connectivity index (χ1) is 17.6. The minimum atomic E-state index is 1.02. The van der Waals surface area contributed by atoms with E-state index in [1.54, 1.807) is 0 Å². The molecule has 5 aromatic carbocycles. The Morgan fingerprint density at radius 2 is 1.28 bits per heavy atom. The summed E-state index contributed by atoms with van der Waals surface area (Å²) < 4.78 is 2.40. The Labute approximate surface area is 210 Å².